The van der Waals surface area contributed by atoms with Gasteiger partial charge in [-0.25, -0.2) is 0 Å². The zero-order valence-corrected chi connectivity index (χ0v) is 18.0. The number of nitrogens with one attached hydrogen (secondary N) is 1. The second-order valence-electron chi connectivity index (χ2n) is 5.73. The smallest absolute Gasteiger partial charge is 0.307 e. The van der Waals surface area contributed by atoms with E-state index in [4.69, 9.17) is 17.0 Å². The summed E-state index contributed by atoms with van der Waals surface area (Å²) < 4.78 is 5.96. The Balaban J connectivity index is 2.07. The summed E-state index contributed by atoms with van der Waals surface area (Å²) in [7, 11) is 0. The van der Waals surface area contributed by atoms with Gasteiger partial charge in [-0.3, -0.25) is 14.9 Å². The molecule has 2 aromatic carbocycles. The first-order valence-corrected chi connectivity index (χ1v) is 10.0. The SMILES string of the molecule is CCOC(=O)CCN(Cc1ccccc1)C(=S)NC(=O)c1cccc(I)c1. The molecule has 0 spiro atoms. The van der Waals surface area contributed by atoms with Crippen molar-refractivity contribution in [2.24, 2.45) is 0 Å². The van der Waals surface area contributed by atoms with Crippen molar-refractivity contribution >= 4 is 51.8 Å². The molecular formula is C20H21IN2O3S. The van der Waals surface area contributed by atoms with E-state index < -0.39 is 0 Å². The number of halogens is 1. The van der Waals surface area contributed by atoms with Gasteiger partial charge in [0, 0.05) is 22.2 Å². The lowest BCUT2D eigenvalue weighted by Crippen LogP contribution is -2.43. The molecule has 0 aromatic heterocycles. The van der Waals surface area contributed by atoms with Crippen LogP contribution in [0.25, 0.3) is 0 Å². The van der Waals surface area contributed by atoms with Crippen LogP contribution < -0.4 is 5.32 Å². The topological polar surface area (TPSA) is 58.6 Å². The fraction of sp³-hybridized carbons (Fsp3) is 0.250. The van der Waals surface area contributed by atoms with Crippen LogP contribution >= 0.6 is 34.8 Å². The molecule has 1 N–H and O–H groups in total. The van der Waals surface area contributed by atoms with E-state index >= 15 is 0 Å². The van der Waals surface area contributed by atoms with E-state index in [1.54, 1.807) is 24.0 Å². The van der Waals surface area contributed by atoms with Crippen LogP contribution in [0.1, 0.15) is 29.3 Å². The lowest BCUT2D eigenvalue weighted by atomic mass is 10.2. The molecule has 0 unspecified atom stereocenters. The molecule has 7 heteroatoms. The molecule has 0 radical (unpaired) electrons. The van der Waals surface area contributed by atoms with Gasteiger partial charge in [0.05, 0.1) is 13.0 Å². The minimum Gasteiger partial charge on any atom is -0.466 e. The Labute approximate surface area is 178 Å². The van der Waals surface area contributed by atoms with E-state index in [2.05, 4.69) is 27.9 Å². The fourth-order valence-corrected chi connectivity index (χ4v) is 3.19. The molecule has 2 aromatic rings. The Morgan fingerprint density at radius 2 is 1.89 bits per heavy atom. The molecule has 5 nitrogen and oxygen atoms in total. The summed E-state index contributed by atoms with van der Waals surface area (Å²) in [4.78, 5) is 26.0. The number of esters is 1. The van der Waals surface area contributed by atoms with Gasteiger partial charge >= 0.3 is 5.97 Å². The van der Waals surface area contributed by atoms with E-state index in [1.165, 1.54) is 0 Å². The van der Waals surface area contributed by atoms with Crippen LogP contribution in [-0.2, 0) is 16.1 Å². The molecule has 2 rings (SSSR count). The van der Waals surface area contributed by atoms with Gasteiger partial charge in [-0.1, -0.05) is 36.4 Å². The number of hydrogen-bond donors (Lipinski definition) is 1. The molecule has 0 fully saturated rings. The molecule has 0 aliphatic carbocycles. The maximum Gasteiger partial charge on any atom is 0.307 e. The molecule has 1 amide bonds. The molecule has 0 aliphatic heterocycles. The average Bonchev–Trinajstić information content (AvgIpc) is 2.66. The predicted molar refractivity (Wildman–Crippen MR) is 117 cm³/mol. The number of nitrogens with zero attached hydrogens (tertiary/aromatic N) is 1. The normalized spacial score (nSPS) is 10.1. The van der Waals surface area contributed by atoms with E-state index in [0.717, 1.165) is 9.13 Å². The summed E-state index contributed by atoms with van der Waals surface area (Å²) in [6.07, 6.45) is 0.194. The Hall–Kier alpha value is -2.00. The zero-order valence-electron chi connectivity index (χ0n) is 15.0. The van der Waals surface area contributed by atoms with Gasteiger partial charge in [-0.05, 0) is 65.5 Å². The van der Waals surface area contributed by atoms with E-state index in [-0.39, 0.29) is 23.4 Å². The standard InChI is InChI=1S/C20H21IN2O3S/c1-2-26-18(24)11-12-23(14-15-7-4-3-5-8-15)20(27)22-19(25)16-9-6-10-17(21)13-16/h3-10,13H,2,11-12,14H2,1H3,(H,22,25,27). The van der Waals surface area contributed by atoms with Crippen molar-refractivity contribution in [1.29, 1.82) is 0 Å². The van der Waals surface area contributed by atoms with Crippen molar-refractivity contribution in [2.45, 2.75) is 19.9 Å². The Morgan fingerprint density at radius 1 is 1.15 bits per heavy atom. The maximum atomic E-state index is 12.5. The number of benzene rings is 2. The zero-order chi connectivity index (χ0) is 19.6. The third kappa shape index (κ3) is 7.26. The highest BCUT2D eigenvalue weighted by molar-refractivity contribution is 14.1. The number of rotatable bonds is 7. The second kappa shape index (κ2) is 11.0. The first-order valence-electron chi connectivity index (χ1n) is 8.55. The van der Waals surface area contributed by atoms with E-state index in [1.807, 2.05) is 42.5 Å². The summed E-state index contributed by atoms with van der Waals surface area (Å²) in [5.41, 5.74) is 1.57. The van der Waals surface area contributed by atoms with E-state index in [0.29, 0.717) is 25.3 Å². The van der Waals surface area contributed by atoms with Gasteiger partial charge < -0.3 is 9.64 Å². The largest absolute Gasteiger partial charge is 0.466 e. The molecule has 0 atom stereocenters. The minimum atomic E-state index is -0.290. The summed E-state index contributed by atoms with van der Waals surface area (Å²) in [5, 5.41) is 3.05. The first-order chi connectivity index (χ1) is 13.0. The minimum absolute atomic E-state index is 0.194. The van der Waals surface area contributed by atoms with Crippen molar-refractivity contribution in [3.05, 3.63) is 69.3 Å². The number of hydrogen-bond acceptors (Lipinski definition) is 4. The monoisotopic (exact) mass is 496 g/mol. The Morgan fingerprint density at radius 3 is 2.56 bits per heavy atom. The third-order valence-electron chi connectivity index (χ3n) is 3.70. The molecule has 142 valence electrons. The highest BCUT2D eigenvalue weighted by Crippen LogP contribution is 2.09. The quantitative estimate of drug-likeness (QED) is 0.360. The Bertz CT molecular complexity index is 799. The molecule has 0 saturated heterocycles. The molecular weight excluding hydrogens is 475 g/mol. The average molecular weight is 496 g/mol. The van der Waals surface area contributed by atoms with Crippen LogP contribution in [0.5, 0.6) is 0 Å². The van der Waals surface area contributed by atoms with Crippen molar-refractivity contribution in [3.8, 4) is 0 Å². The molecule has 0 heterocycles. The van der Waals surface area contributed by atoms with Gasteiger partial charge in [-0.15, -0.1) is 0 Å². The van der Waals surface area contributed by atoms with Gasteiger partial charge in [0.25, 0.3) is 5.91 Å². The Kier molecular flexibility index (Phi) is 8.66. The summed E-state index contributed by atoms with van der Waals surface area (Å²) in [6, 6.07) is 17.0. The number of carbonyl (C=O) groups excluding carboxylic acids is 2. The van der Waals surface area contributed by atoms with Crippen LogP contribution in [0.3, 0.4) is 0 Å². The van der Waals surface area contributed by atoms with Crippen LogP contribution in [0.2, 0.25) is 0 Å². The number of thiocarbonyl (C=S) groups is 1. The number of ether oxygens (including phenoxy) is 1. The summed E-state index contributed by atoms with van der Waals surface area (Å²) >= 11 is 7.59. The van der Waals surface area contributed by atoms with Crippen molar-refractivity contribution in [3.63, 3.8) is 0 Å². The number of carbonyl (C=O) groups is 2. The van der Waals surface area contributed by atoms with Crippen molar-refractivity contribution < 1.29 is 14.3 Å². The van der Waals surface area contributed by atoms with Gasteiger partial charge in [0.15, 0.2) is 5.11 Å². The number of amides is 1. The third-order valence-corrected chi connectivity index (χ3v) is 4.73. The fourth-order valence-electron chi connectivity index (χ4n) is 2.39. The van der Waals surface area contributed by atoms with Crippen molar-refractivity contribution in [2.75, 3.05) is 13.2 Å². The van der Waals surface area contributed by atoms with Crippen molar-refractivity contribution in [1.82, 2.24) is 10.2 Å². The van der Waals surface area contributed by atoms with Gasteiger partial charge in [0.1, 0.15) is 0 Å². The highest BCUT2D eigenvalue weighted by atomic mass is 127. The molecule has 0 bridgehead atoms. The summed E-state index contributed by atoms with van der Waals surface area (Å²) in [5.74, 6) is -0.560. The van der Waals surface area contributed by atoms with Gasteiger partial charge in [-0.2, -0.15) is 0 Å². The lowest BCUT2D eigenvalue weighted by molar-refractivity contribution is -0.143. The second-order valence-corrected chi connectivity index (χ2v) is 7.36. The van der Waals surface area contributed by atoms with Crippen LogP contribution in [0.15, 0.2) is 54.6 Å². The predicted octanol–water partition coefficient (Wildman–Crippen LogP) is 3.76. The molecule has 0 aliphatic rings. The maximum absolute atomic E-state index is 12.5. The van der Waals surface area contributed by atoms with Crippen LogP contribution in [0.4, 0.5) is 0 Å². The van der Waals surface area contributed by atoms with Crippen LogP contribution in [-0.4, -0.2) is 35.0 Å². The van der Waals surface area contributed by atoms with Crippen LogP contribution in [0, 0.1) is 3.57 Å². The molecule has 0 saturated carbocycles. The van der Waals surface area contributed by atoms with E-state index in [9.17, 15) is 9.59 Å². The van der Waals surface area contributed by atoms with Gasteiger partial charge in [0.2, 0.25) is 0 Å². The first kappa shape index (κ1) is 21.3. The lowest BCUT2D eigenvalue weighted by Gasteiger charge is -2.25. The highest BCUT2D eigenvalue weighted by Gasteiger charge is 2.16. The molecule has 27 heavy (non-hydrogen) atoms. The summed E-state index contributed by atoms with van der Waals surface area (Å²) in [6.45, 7) is 2.96.